The molecule has 0 aliphatic carbocycles. The fraction of sp³-hybridized carbons (Fsp3) is 0.556. The van der Waals surface area contributed by atoms with Gasteiger partial charge < -0.3 is 10.5 Å². The molecule has 0 saturated carbocycles. The van der Waals surface area contributed by atoms with Crippen molar-refractivity contribution in [3.63, 3.8) is 0 Å². The molecule has 1 aromatic rings. The maximum atomic E-state index is 12.0. The molecule has 18 heavy (non-hydrogen) atoms. The molecule has 0 radical (unpaired) electrons. The lowest BCUT2D eigenvalue weighted by atomic mass is 10.3. The van der Waals surface area contributed by atoms with Gasteiger partial charge in [0.05, 0.1) is 13.3 Å². The van der Waals surface area contributed by atoms with E-state index < -0.39 is 10.0 Å². The number of nitrogens with one attached hydrogen (secondary N) is 1. The number of methoxy groups -OCH3 is 1. The maximum absolute atomic E-state index is 12.0. The van der Waals surface area contributed by atoms with Crippen LogP contribution in [0.2, 0.25) is 0 Å². The quantitative estimate of drug-likeness (QED) is 0.680. The zero-order chi connectivity index (χ0) is 13.8. The van der Waals surface area contributed by atoms with Crippen LogP contribution in [0.3, 0.4) is 0 Å². The van der Waals surface area contributed by atoms with Crippen molar-refractivity contribution in [2.75, 3.05) is 26.4 Å². The molecule has 0 atom stereocenters. The number of aromatic amines is 1. The Kier molecular flexibility index (Phi) is 4.68. The van der Waals surface area contributed by atoms with Crippen LogP contribution < -0.4 is 5.73 Å². The summed E-state index contributed by atoms with van der Waals surface area (Å²) in [7, 11) is -0.966. The van der Waals surface area contributed by atoms with Crippen molar-refractivity contribution >= 4 is 21.8 Å². The third kappa shape index (κ3) is 3.20. The molecule has 0 saturated heterocycles. The number of carbonyl (C=O) groups is 1. The van der Waals surface area contributed by atoms with E-state index in [2.05, 4.69) is 14.9 Å². The highest BCUT2D eigenvalue weighted by molar-refractivity contribution is 7.89. The van der Waals surface area contributed by atoms with Crippen LogP contribution in [-0.2, 0) is 19.6 Å². The molecule has 0 aliphatic heterocycles. The van der Waals surface area contributed by atoms with Gasteiger partial charge in [-0.3, -0.25) is 9.89 Å². The monoisotopic (exact) mass is 276 g/mol. The van der Waals surface area contributed by atoms with Crippen LogP contribution in [0, 0.1) is 0 Å². The second-order valence-corrected chi connectivity index (χ2v) is 5.67. The lowest BCUT2D eigenvalue weighted by molar-refractivity contribution is -0.140. The van der Waals surface area contributed by atoms with Crippen LogP contribution in [0.15, 0.2) is 11.1 Å². The van der Waals surface area contributed by atoms with E-state index in [1.807, 2.05) is 0 Å². The summed E-state index contributed by atoms with van der Waals surface area (Å²) in [5.74, 6) is -0.376. The van der Waals surface area contributed by atoms with Gasteiger partial charge in [-0.25, -0.2) is 12.7 Å². The first-order valence-electron chi connectivity index (χ1n) is 5.21. The predicted octanol–water partition coefficient (Wildman–Crippen LogP) is -0.434. The smallest absolute Gasteiger partial charge is 0.305 e. The summed E-state index contributed by atoms with van der Waals surface area (Å²) in [6.07, 6.45) is 1.69. The van der Waals surface area contributed by atoms with Crippen LogP contribution >= 0.6 is 0 Å². The van der Waals surface area contributed by atoms with E-state index >= 15 is 0 Å². The number of hydrogen-bond acceptors (Lipinski definition) is 6. The highest BCUT2D eigenvalue weighted by Gasteiger charge is 2.24. The number of rotatable bonds is 6. The van der Waals surface area contributed by atoms with Crippen LogP contribution in [-0.4, -0.2) is 49.6 Å². The molecule has 0 amide bonds. The Morgan fingerprint density at radius 3 is 2.78 bits per heavy atom. The van der Waals surface area contributed by atoms with Crippen LogP contribution in [0.1, 0.15) is 12.8 Å². The Hall–Kier alpha value is -1.61. The second kappa shape index (κ2) is 5.83. The molecule has 0 aliphatic rings. The minimum atomic E-state index is -3.67. The van der Waals surface area contributed by atoms with Crippen molar-refractivity contribution in [1.29, 1.82) is 0 Å². The van der Waals surface area contributed by atoms with Crippen molar-refractivity contribution in [3.05, 3.63) is 6.20 Å². The first-order chi connectivity index (χ1) is 8.39. The van der Waals surface area contributed by atoms with Crippen molar-refractivity contribution in [3.8, 4) is 0 Å². The van der Waals surface area contributed by atoms with Crippen LogP contribution in [0.5, 0.6) is 0 Å². The number of anilines is 1. The summed E-state index contributed by atoms with van der Waals surface area (Å²) >= 11 is 0. The molecule has 1 aromatic heterocycles. The van der Waals surface area contributed by atoms with Gasteiger partial charge in [-0.1, -0.05) is 0 Å². The number of nitrogens with zero attached hydrogens (tertiary/aromatic N) is 2. The Morgan fingerprint density at radius 2 is 2.28 bits per heavy atom. The van der Waals surface area contributed by atoms with Gasteiger partial charge in [0.1, 0.15) is 10.7 Å². The molecular weight excluding hydrogens is 260 g/mol. The van der Waals surface area contributed by atoms with E-state index in [4.69, 9.17) is 5.73 Å². The van der Waals surface area contributed by atoms with Gasteiger partial charge in [-0.2, -0.15) is 5.10 Å². The van der Waals surface area contributed by atoms with Gasteiger partial charge in [0, 0.05) is 20.0 Å². The first kappa shape index (κ1) is 14.5. The maximum Gasteiger partial charge on any atom is 0.305 e. The molecule has 102 valence electrons. The molecule has 0 spiro atoms. The fourth-order valence-electron chi connectivity index (χ4n) is 1.33. The summed E-state index contributed by atoms with van der Waals surface area (Å²) in [4.78, 5) is 10.8. The standard InChI is InChI=1S/C9H16N4O4S/c1-13(5-3-4-8(14)17-2)18(15,16)7-6-11-12-9(7)10/h6H,3-5H2,1-2H3,(H3,10,11,12). The Labute approximate surface area is 105 Å². The number of H-pyrrole nitrogens is 1. The zero-order valence-electron chi connectivity index (χ0n) is 10.2. The van der Waals surface area contributed by atoms with E-state index in [1.54, 1.807) is 0 Å². The van der Waals surface area contributed by atoms with Gasteiger partial charge in [0.15, 0.2) is 0 Å². The van der Waals surface area contributed by atoms with E-state index in [-0.39, 0.29) is 29.6 Å². The third-order valence-corrected chi connectivity index (χ3v) is 4.29. The first-order valence-corrected chi connectivity index (χ1v) is 6.65. The molecule has 0 unspecified atom stereocenters. The largest absolute Gasteiger partial charge is 0.469 e. The number of aromatic nitrogens is 2. The van der Waals surface area contributed by atoms with Gasteiger partial charge in [0.2, 0.25) is 10.0 Å². The van der Waals surface area contributed by atoms with Crippen molar-refractivity contribution in [2.45, 2.75) is 17.7 Å². The summed E-state index contributed by atoms with van der Waals surface area (Å²) < 4.78 is 29.6. The number of carbonyl (C=O) groups excluding carboxylic acids is 1. The summed E-state index contributed by atoms with van der Waals surface area (Å²) in [6.45, 7) is 0.196. The van der Waals surface area contributed by atoms with Crippen molar-refractivity contribution in [1.82, 2.24) is 14.5 Å². The average Bonchev–Trinajstić information content (AvgIpc) is 2.75. The molecular formula is C9H16N4O4S. The van der Waals surface area contributed by atoms with E-state index in [0.717, 1.165) is 10.5 Å². The second-order valence-electron chi connectivity index (χ2n) is 3.65. The van der Waals surface area contributed by atoms with E-state index in [0.29, 0.717) is 6.42 Å². The highest BCUT2D eigenvalue weighted by Crippen LogP contribution is 2.18. The van der Waals surface area contributed by atoms with Gasteiger partial charge >= 0.3 is 5.97 Å². The van der Waals surface area contributed by atoms with Crippen LogP contribution in [0.25, 0.3) is 0 Å². The molecule has 1 heterocycles. The molecule has 0 aromatic carbocycles. The van der Waals surface area contributed by atoms with E-state index in [1.165, 1.54) is 14.2 Å². The number of esters is 1. The molecule has 1 rings (SSSR count). The minimum Gasteiger partial charge on any atom is -0.469 e. The molecule has 0 bridgehead atoms. The zero-order valence-corrected chi connectivity index (χ0v) is 11.0. The predicted molar refractivity (Wildman–Crippen MR) is 64.1 cm³/mol. The van der Waals surface area contributed by atoms with Crippen molar-refractivity contribution < 1.29 is 17.9 Å². The van der Waals surface area contributed by atoms with Gasteiger partial charge in [0.25, 0.3) is 0 Å². The topological polar surface area (TPSA) is 118 Å². The Balaban J connectivity index is 2.64. The van der Waals surface area contributed by atoms with Gasteiger partial charge in [-0.15, -0.1) is 0 Å². The van der Waals surface area contributed by atoms with Gasteiger partial charge in [-0.05, 0) is 6.42 Å². The number of hydrogen-bond donors (Lipinski definition) is 2. The summed E-state index contributed by atoms with van der Waals surface area (Å²) in [6, 6.07) is 0. The summed E-state index contributed by atoms with van der Waals surface area (Å²) in [5.41, 5.74) is 5.46. The number of nitrogens with two attached hydrogens (primary N) is 1. The molecule has 0 fully saturated rings. The number of sulfonamides is 1. The average molecular weight is 276 g/mol. The molecule has 8 nitrogen and oxygen atoms in total. The highest BCUT2D eigenvalue weighted by atomic mass is 32.2. The van der Waals surface area contributed by atoms with Crippen LogP contribution in [0.4, 0.5) is 5.82 Å². The lowest BCUT2D eigenvalue weighted by Crippen LogP contribution is -2.28. The molecule has 3 N–H and O–H groups in total. The minimum absolute atomic E-state index is 0.00480. The SMILES string of the molecule is COC(=O)CCCN(C)S(=O)(=O)c1cn[nH]c1N. The number of nitrogen functional groups attached to an aromatic ring is 1. The molecule has 9 heteroatoms. The van der Waals surface area contributed by atoms with Crippen molar-refractivity contribution in [2.24, 2.45) is 0 Å². The Bertz CT molecular complexity index is 510. The Morgan fingerprint density at radius 1 is 1.61 bits per heavy atom. The summed E-state index contributed by atoms with van der Waals surface area (Å²) in [5, 5.41) is 5.92. The normalized spacial score (nSPS) is 11.7. The lowest BCUT2D eigenvalue weighted by Gasteiger charge is -2.15. The third-order valence-electron chi connectivity index (χ3n) is 2.40. The van der Waals surface area contributed by atoms with E-state index in [9.17, 15) is 13.2 Å². The fourth-order valence-corrected chi connectivity index (χ4v) is 2.54. The number of ether oxygens (including phenoxy) is 1.